The largest absolute Gasteiger partial charge is 0.465 e. The van der Waals surface area contributed by atoms with Crippen molar-refractivity contribution in [2.45, 2.75) is 118 Å². The minimum absolute atomic E-state index is 0.253. The van der Waals surface area contributed by atoms with E-state index in [1.165, 1.54) is 57.8 Å². The Hall–Kier alpha value is -1.06. The summed E-state index contributed by atoms with van der Waals surface area (Å²) in [6, 6.07) is 0. The van der Waals surface area contributed by atoms with Crippen LogP contribution in [0.1, 0.15) is 118 Å². The molecular weight excluding hydrogens is 352 g/mol. The number of rotatable bonds is 18. The van der Waals surface area contributed by atoms with Gasteiger partial charge in [0.15, 0.2) is 5.41 Å². The molecule has 0 unspecified atom stereocenters. The molecule has 0 spiro atoms. The van der Waals surface area contributed by atoms with E-state index in [0.29, 0.717) is 26.1 Å². The smallest absolute Gasteiger partial charge is 0.323 e. The van der Waals surface area contributed by atoms with Gasteiger partial charge in [-0.1, -0.05) is 98.8 Å². The molecule has 0 aromatic heterocycles. The summed E-state index contributed by atoms with van der Waals surface area (Å²) in [6.07, 6.45) is 14.7. The fourth-order valence-corrected chi connectivity index (χ4v) is 3.36. The summed E-state index contributed by atoms with van der Waals surface area (Å²) in [5.41, 5.74) is -1.15. The monoisotopic (exact) mass is 398 g/mol. The summed E-state index contributed by atoms with van der Waals surface area (Å²) in [6.45, 7) is 10.7. The molecule has 0 aliphatic rings. The molecule has 0 saturated carbocycles. The lowest BCUT2D eigenvalue weighted by Gasteiger charge is -2.27. The molecular formula is C24H46O4. The molecule has 166 valence electrons. The third kappa shape index (κ3) is 11.1. The second kappa shape index (κ2) is 16.9. The normalized spacial score (nSPS) is 11.6. The lowest BCUT2D eigenvalue weighted by molar-refractivity contribution is -0.174. The van der Waals surface area contributed by atoms with Crippen LogP contribution < -0.4 is 0 Å². The number of unbranched alkanes of at least 4 members (excludes halogenated alkanes) is 10. The molecule has 0 heterocycles. The fraction of sp³-hybridized carbons (Fsp3) is 0.917. The lowest BCUT2D eigenvalue weighted by atomic mass is 9.82. The first-order chi connectivity index (χ1) is 13.4. The Labute approximate surface area is 174 Å². The molecule has 0 aromatic carbocycles. The molecule has 0 bridgehead atoms. The van der Waals surface area contributed by atoms with E-state index in [-0.39, 0.29) is 5.92 Å². The highest BCUT2D eigenvalue weighted by atomic mass is 16.6. The van der Waals surface area contributed by atoms with Crippen LogP contribution in [-0.2, 0) is 19.1 Å². The van der Waals surface area contributed by atoms with Crippen molar-refractivity contribution in [1.29, 1.82) is 0 Å². The Kier molecular flexibility index (Phi) is 16.2. The molecule has 0 rings (SSSR count). The zero-order chi connectivity index (χ0) is 21.3. The Morgan fingerprint density at radius 1 is 0.679 bits per heavy atom. The van der Waals surface area contributed by atoms with Crippen LogP contribution in [-0.4, -0.2) is 25.2 Å². The SMILES string of the molecule is CCCCCCCCCCCCCOC(=O)C(CC)(CC)C(=O)OCC(C)C. The second-order valence-electron chi connectivity index (χ2n) is 8.45. The maximum absolute atomic E-state index is 12.6. The highest BCUT2D eigenvalue weighted by molar-refractivity contribution is 5.99. The van der Waals surface area contributed by atoms with Crippen LogP contribution in [0.25, 0.3) is 0 Å². The van der Waals surface area contributed by atoms with Crippen molar-refractivity contribution in [2.75, 3.05) is 13.2 Å². The third-order valence-corrected chi connectivity index (χ3v) is 5.52. The standard InChI is InChI=1S/C24H46O4/c1-6-9-10-11-12-13-14-15-16-17-18-19-27-22(25)24(7-2,8-3)23(26)28-20-21(4)5/h21H,6-20H2,1-5H3. The van der Waals surface area contributed by atoms with Crippen LogP contribution in [0.4, 0.5) is 0 Å². The van der Waals surface area contributed by atoms with Crippen LogP contribution in [0, 0.1) is 11.3 Å². The molecule has 0 amide bonds. The number of carbonyl (C=O) groups is 2. The van der Waals surface area contributed by atoms with Gasteiger partial charge in [0, 0.05) is 0 Å². The van der Waals surface area contributed by atoms with Gasteiger partial charge in [-0.05, 0) is 25.2 Å². The second-order valence-corrected chi connectivity index (χ2v) is 8.45. The van der Waals surface area contributed by atoms with Crippen LogP contribution in [0.2, 0.25) is 0 Å². The summed E-state index contributed by atoms with van der Waals surface area (Å²) in [5.74, 6) is -0.601. The van der Waals surface area contributed by atoms with Gasteiger partial charge < -0.3 is 9.47 Å². The van der Waals surface area contributed by atoms with Gasteiger partial charge >= 0.3 is 11.9 Å². The quantitative estimate of drug-likeness (QED) is 0.144. The van der Waals surface area contributed by atoms with Gasteiger partial charge in [0.2, 0.25) is 0 Å². The maximum atomic E-state index is 12.6. The summed E-state index contributed by atoms with van der Waals surface area (Å²) in [5, 5.41) is 0. The van der Waals surface area contributed by atoms with Gasteiger partial charge in [0.1, 0.15) is 0 Å². The number of carbonyl (C=O) groups excluding carboxylic acids is 2. The molecule has 0 aliphatic carbocycles. The average molecular weight is 399 g/mol. The van der Waals surface area contributed by atoms with Crippen molar-refractivity contribution in [3.05, 3.63) is 0 Å². The van der Waals surface area contributed by atoms with Crippen LogP contribution >= 0.6 is 0 Å². The van der Waals surface area contributed by atoms with Gasteiger partial charge in [0.05, 0.1) is 13.2 Å². The first kappa shape index (κ1) is 26.9. The van der Waals surface area contributed by atoms with Crippen molar-refractivity contribution in [2.24, 2.45) is 11.3 Å². The van der Waals surface area contributed by atoms with Gasteiger partial charge in [-0.15, -0.1) is 0 Å². The summed E-state index contributed by atoms with van der Waals surface area (Å²) >= 11 is 0. The van der Waals surface area contributed by atoms with E-state index in [1.54, 1.807) is 0 Å². The Bertz CT molecular complexity index is 399. The van der Waals surface area contributed by atoms with Crippen LogP contribution in [0.15, 0.2) is 0 Å². The highest BCUT2D eigenvalue weighted by Crippen LogP contribution is 2.30. The van der Waals surface area contributed by atoms with Crippen molar-refractivity contribution in [3.8, 4) is 0 Å². The van der Waals surface area contributed by atoms with E-state index in [0.717, 1.165) is 12.8 Å². The molecule has 0 aliphatic heterocycles. The maximum Gasteiger partial charge on any atom is 0.323 e. The lowest BCUT2D eigenvalue weighted by Crippen LogP contribution is -2.41. The highest BCUT2D eigenvalue weighted by Gasteiger charge is 2.45. The fourth-order valence-electron chi connectivity index (χ4n) is 3.36. The van der Waals surface area contributed by atoms with E-state index >= 15 is 0 Å². The van der Waals surface area contributed by atoms with Crippen molar-refractivity contribution in [3.63, 3.8) is 0 Å². The first-order valence-electron chi connectivity index (χ1n) is 11.8. The van der Waals surface area contributed by atoms with Gasteiger partial charge in [-0.25, -0.2) is 0 Å². The zero-order valence-electron chi connectivity index (χ0n) is 19.3. The average Bonchev–Trinajstić information content (AvgIpc) is 2.68. The molecule has 0 aromatic rings. The Balaban J connectivity index is 3.96. The van der Waals surface area contributed by atoms with E-state index in [9.17, 15) is 9.59 Å². The Morgan fingerprint density at radius 2 is 1.11 bits per heavy atom. The molecule has 0 radical (unpaired) electrons. The molecule has 0 atom stereocenters. The van der Waals surface area contributed by atoms with E-state index in [4.69, 9.17) is 9.47 Å². The third-order valence-electron chi connectivity index (χ3n) is 5.52. The molecule has 0 N–H and O–H groups in total. The number of esters is 2. The molecule has 4 heteroatoms. The molecule has 0 fully saturated rings. The zero-order valence-corrected chi connectivity index (χ0v) is 19.3. The number of ether oxygens (including phenoxy) is 2. The van der Waals surface area contributed by atoms with Crippen LogP contribution in [0.3, 0.4) is 0 Å². The minimum atomic E-state index is -1.15. The van der Waals surface area contributed by atoms with E-state index in [2.05, 4.69) is 6.92 Å². The van der Waals surface area contributed by atoms with Gasteiger partial charge in [-0.2, -0.15) is 0 Å². The topological polar surface area (TPSA) is 52.6 Å². The predicted molar refractivity (Wildman–Crippen MR) is 116 cm³/mol. The van der Waals surface area contributed by atoms with E-state index < -0.39 is 17.4 Å². The summed E-state index contributed by atoms with van der Waals surface area (Å²) in [4.78, 5) is 25.0. The van der Waals surface area contributed by atoms with Crippen molar-refractivity contribution >= 4 is 11.9 Å². The summed E-state index contributed by atoms with van der Waals surface area (Å²) < 4.78 is 10.8. The number of hydrogen-bond donors (Lipinski definition) is 0. The van der Waals surface area contributed by atoms with Gasteiger partial charge in [0.25, 0.3) is 0 Å². The molecule has 4 nitrogen and oxygen atoms in total. The minimum Gasteiger partial charge on any atom is -0.465 e. The predicted octanol–water partition coefficient (Wildman–Crippen LogP) is 6.85. The first-order valence-corrected chi connectivity index (χ1v) is 11.8. The summed E-state index contributed by atoms with van der Waals surface area (Å²) in [7, 11) is 0. The van der Waals surface area contributed by atoms with Gasteiger partial charge in [-0.3, -0.25) is 9.59 Å². The van der Waals surface area contributed by atoms with E-state index in [1.807, 2.05) is 27.7 Å². The van der Waals surface area contributed by atoms with Crippen molar-refractivity contribution in [1.82, 2.24) is 0 Å². The Morgan fingerprint density at radius 3 is 1.54 bits per heavy atom. The number of hydrogen-bond acceptors (Lipinski definition) is 4. The molecule has 28 heavy (non-hydrogen) atoms. The van der Waals surface area contributed by atoms with Crippen molar-refractivity contribution < 1.29 is 19.1 Å². The van der Waals surface area contributed by atoms with Crippen LogP contribution in [0.5, 0.6) is 0 Å². The molecule has 0 saturated heterocycles.